The maximum atomic E-state index is 13.0. The number of hydrogen-bond donors (Lipinski definition) is 2. The molecule has 0 bridgehead atoms. The zero-order valence-electron chi connectivity index (χ0n) is 9.24. The van der Waals surface area contributed by atoms with E-state index in [0.29, 0.717) is 17.7 Å². The lowest BCUT2D eigenvalue weighted by molar-refractivity contribution is -0.131. The normalized spacial score (nSPS) is 10.5. The van der Waals surface area contributed by atoms with E-state index < -0.39 is 11.8 Å². The van der Waals surface area contributed by atoms with Gasteiger partial charge < -0.3 is 10.4 Å². The van der Waals surface area contributed by atoms with Gasteiger partial charge in [0.25, 0.3) is 0 Å². The van der Waals surface area contributed by atoms with Gasteiger partial charge in [0.05, 0.1) is 0 Å². The molecule has 0 spiro atoms. The number of carboxylic acids is 1. The Morgan fingerprint density at radius 3 is 2.76 bits per heavy atom. The number of carbonyl (C=O) groups is 2. The molecule has 1 amide bonds. The van der Waals surface area contributed by atoms with E-state index in [-0.39, 0.29) is 5.91 Å². The molecule has 0 aromatic heterocycles. The Kier molecular flexibility index (Phi) is 4.39. The van der Waals surface area contributed by atoms with Gasteiger partial charge in [0.1, 0.15) is 5.82 Å². The summed E-state index contributed by atoms with van der Waals surface area (Å²) in [7, 11) is 0. The van der Waals surface area contributed by atoms with Crippen molar-refractivity contribution in [2.24, 2.45) is 0 Å². The molecule has 0 saturated heterocycles. The fourth-order valence-corrected chi connectivity index (χ4v) is 1.18. The van der Waals surface area contributed by atoms with Gasteiger partial charge >= 0.3 is 5.97 Å². The van der Waals surface area contributed by atoms with Crippen molar-refractivity contribution in [3.63, 3.8) is 0 Å². The lowest BCUT2D eigenvalue weighted by Crippen LogP contribution is -2.10. The number of anilines is 1. The van der Waals surface area contributed by atoms with E-state index >= 15 is 0 Å². The summed E-state index contributed by atoms with van der Waals surface area (Å²) >= 11 is 0. The summed E-state index contributed by atoms with van der Waals surface area (Å²) in [6, 6.07) is 3.75. The Morgan fingerprint density at radius 2 is 2.18 bits per heavy atom. The quantitative estimate of drug-likeness (QED) is 0.789. The highest BCUT2D eigenvalue weighted by atomic mass is 19.1. The Morgan fingerprint density at radius 1 is 1.47 bits per heavy atom. The number of hydrogen-bond acceptors (Lipinski definition) is 2. The minimum Gasteiger partial charge on any atom is -0.478 e. The van der Waals surface area contributed by atoms with Crippen molar-refractivity contribution >= 4 is 23.6 Å². The summed E-state index contributed by atoms with van der Waals surface area (Å²) in [5.74, 6) is -1.85. The summed E-state index contributed by atoms with van der Waals surface area (Å²) in [5.41, 5.74) is 0.699. The molecule has 0 aliphatic rings. The highest BCUT2D eigenvalue weighted by Crippen LogP contribution is 2.18. The molecule has 1 aromatic rings. The summed E-state index contributed by atoms with van der Waals surface area (Å²) < 4.78 is 13.0. The average Bonchev–Trinajstić information content (AvgIpc) is 2.29. The molecule has 0 radical (unpaired) electrons. The maximum Gasteiger partial charge on any atom is 0.328 e. The third kappa shape index (κ3) is 4.06. The minimum absolute atomic E-state index is 0.221. The van der Waals surface area contributed by atoms with Crippen LogP contribution in [0.4, 0.5) is 10.1 Å². The lowest BCUT2D eigenvalue weighted by Gasteiger charge is -2.07. The number of carboxylic acid groups (broad SMARTS) is 1. The number of aliphatic carboxylic acids is 1. The summed E-state index contributed by atoms with van der Waals surface area (Å²) in [6.07, 6.45) is 2.41. The number of halogens is 1. The average molecular weight is 237 g/mol. The van der Waals surface area contributed by atoms with Crippen LogP contribution in [-0.2, 0) is 9.59 Å². The van der Waals surface area contributed by atoms with Gasteiger partial charge in [0.2, 0.25) is 5.91 Å². The molecule has 0 fully saturated rings. The SMILES string of the molecule is CCC(=O)Nc1ccc(F)cc1/C=C/C(=O)O. The van der Waals surface area contributed by atoms with Gasteiger partial charge in [-0.2, -0.15) is 0 Å². The molecule has 2 N–H and O–H groups in total. The van der Waals surface area contributed by atoms with Gasteiger partial charge in [-0.1, -0.05) is 6.92 Å². The minimum atomic E-state index is -1.14. The Hall–Kier alpha value is -2.17. The van der Waals surface area contributed by atoms with Crippen LogP contribution in [0.15, 0.2) is 24.3 Å². The van der Waals surface area contributed by atoms with E-state index in [1.54, 1.807) is 6.92 Å². The zero-order chi connectivity index (χ0) is 12.8. The van der Waals surface area contributed by atoms with Gasteiger partial charge in [-0.15, -0.1) is 0 Å². The van der Waals surface area contributed by atoms with Gasteiger partial charge in [-0.3, -0.25) is 4.79 Å². The summed E-state index contributed by atoms with van der Waals surface area (Å²) in [6.45, 7) is 1.69. The number of nitrogens with one attached hydrogen (secondary N) is 1. The fourth-order valence-electron chi connectivity index (χ4n) is 1.18. The van der Waals surface area contributed by atoms with Gasteiger partial charge in [0, 0.05) is 23.7 Å². The Labute approximate surface area is 97.8 Å². The largest absolute Gasteiger partial charge is 0.478 e. The van der Waals surface area contributed by atoms with Crippen molar-refractivity contribution in [1.82, 2.24) is 0 Å². The molecule has 0 unspecified atom stereocenters. The predicted molar refractivity (Wildman–Crippen MR) is 62.0 cm³/mol. The molecular formula is C12H12FNO3. The van der Waals surface area contributed by atoms with E-state index in [9.17, 15) is 14.0 Å². The van der Waals surface area contributed by atoms with Gasteiger partial charge in [-0.25, -0.2) is 9.18 Å². The van der Waals surface area contributed by atoms with Crippen molar-refractivity contribution in [3.05, 3.63) is 35.7 Å². The second-order valence-corrected chi connectivity index (χ2v) is 3.30. The van der Waals surface area contributed by atoms with Crippen LogP contribution in [0.2, 0.25) is 0 Å². The highest BCUT2D eigenvalue weighted by molar-refractivity contribution is 5.94. The molecule has 0 aliphatic carbocycles. The zero-order valence-corrected chi connectivity index (χ0v) is 9.24. The lowest BCUT2D eigenvalue weighted by atomic mass is 10.1. The topological polar surface area (TPSA) is 66.4 Å². The first-order valence-corrected chi connectivity index (χ1v) is 5.03. The van der Waals surface area contributed by atoms with Crippen LogP contribution in [0.1, 0.15) is 18.9 Å². The summed E-state index contributed by atoms with van der Waals surface area (Å²) in [5, 5.41) is 11.1. The van der Waals surface area contributed by atoms with Crippen LogP contribution in [0, 0.1) is 5.82 Å². The predicted octanol–water partition coefficient (Wildman–Crippen LogP) is 2.27. The Balaban J connectivity index is 3.03. The summed E-state index contributed by atoms with van der Waals surface area (Å²) in [4.78, 5) is 21.6. The number of amides is 1. The molecule has 4 nitrogen and oxygen atoms in total. The molecule has 5 heteroatoms. The van der Waals surface area contributed by atoms with Crippen molar-refractivity contribution < 1.29 is 19.1 Å². The smallest absolute Gasteiger partial charge is 0.328 e. The molecule has 0 saturated carbocycles. The third-order valence-corrected chi connectivity index (χ3v) is 2.01. The van der Waals surface area contributed by atoms with E-state index in [0.717, 1.165) is 12.1 Å². The second-order valence-electron chi connectivity index (χ2n) is 3.30. The molecule has 90 valence electrons. The van der Waals surface area contributed by atoms with Crippen molar-refractivity contribution in [2.75, 3.05) is 5.32 Å². The molecule has 1 rings (SSSR count). The van der Waals surface area contributed by atoms with Gasteiger partial charge in [-0.05, 0) is 24.3 Å². The molecule has 1 aromatic carbocycles. The van der Waals surface area contributed by atoms with Crippen LogP contribution < -0.4 is 5.32 Å². The van der Waals surface area contributed by atoms with Crippen molar-refractivity contribution in [2.45, 2.75) is 13.3 Å². The first-order chi connectivity index (χ1) is 8.02. The van der Waals surface area contributed by atoms with Crippen LogP contribution in [0.5, 0.6) is 0 Å². The number of carbonyl (C=O) groups excluding carboxylic acids is 1. The molecule has 17 heavy (non-hydrogen) atoms. The highest BCUT2D eigenvalue weighted by Gasteiger charge is 2.05. The first-order valence-electron chi connectivity index (χ1n) is 5.03. The molecule has 0 aliphatic heterocycles. The van der Waals surface area contributed by atoms with Crippen molar-refractivity contribution in [1.29, 1.82) is 0 Å². The maximum absolute atomic E-state index is 13.0. The van der Waals surface area contributed by atoms with Crippen LogP contribution in [0.25, 0.3) is 6.08 Å². The monoisotopic (exact) mass is 237 g/mol. The van der Waals surface area contributed by atoms with Crippen LogP contribution >= 0.6 is 0 Å². The van der Waals surface area contributed by atoms with Crippen LogP contribution in [-0.4, -0.2) is 17.0 Å². The first kappa shape index (κ1) is 12.9. The molecule has 0 atom stereocenters. The fraction of sp³-hybridized carbons (Fsp3) is 0.167. The number of rotatable bonds is 4. The molecule has 0 heterocycles. The Bertz CT molecular complexity index is 469. The van der Waals surface area contributed by atoms with Crippen molar-refractivity contribution in [3.8, 4) is 0 Å². The third-order valence-electron chi connectivity index (χ3n) is 2.01. The standard InChI is InChI=1S/C12H12FNO3/c1-2-11(15)14-10-5-4-9(13)7-8(10)3-6-12(16)17/h3-7H,2H2,1H3,(H,14,15)(H,16,17)/b6-3+. The van der Waals surface area contributed by atoms with E-state index in [1.165, 1.54) is 18.2 Å². The van der Waals surface area contributed by atoms with Crippen LogP contribution in [0.3, 0.4) is 0 Å². The van der Waals surface area contributed by atoms with E-state index in [1.807, 2.05) is 0 Å². The molecular weight excluding hydrogens is 225 g/mol. The second kappa shape index (κ2) is 5.79. The van der Waals surface area contributed by atoms with Gasteiger partial charge in [0.15, 0.2) is 0 Å². The number of benzene rings is 1. The van der Waals surface area contributed by atoms with E-state index in [2.05, 4.69) is 5.32 Å². The van der Waals surface area contributed by atoms with E-state index in [4.69, 9.17) is 5.11 Å².